The molecular formula is C22H28Cl2N4O4S. The lowest BCUT2D eigenvalue weighted by molar-refractivity contribution is -0.139. The average molecular weight is 515 g/mol. The first-order valence-electron chi connectivity index (χ1n) is 10.2. The van der Waals surface area contributed by atoms with Crippen LogP contribution in [-0.2, 0) is 26.3 Å². The van der Waals surface area contributed by atoms with Gasteiger partial charge in [-0.25, -0.2) is 4.31 Å². The molecule has 0 aliphatic carbocycles. The second kappa shape index (κ2) is 11.7. The summed E-state index contributed by atoms with van der Waals surface area (Å²) in [6, 6.07) is 12.3. The molecule has 0 fully saturated rings. The molecule has 180 valence electrons. The van der Waals surface area contributed by atoms with Crippen LogP contribution in [0.3, 0.4) is 0 Å². The molecule has 0 aromatic heterocycles. The Hall–Kier alpha value is -2.33. The van der Waals surface area contributed by atoms with Crippen molar-refractivity contribution in [1.82, 2.24) is 14.5 Å². The zero-order valence-corrected chi connectivity index (χ0v) is 21.3. The van der Waals surface area contributed by atoms with Gasteiger partial charge in [0.15, 0.2) is 0 Å². The number of carbonyl (C=O) groups excluding carboxylic acids is 2. The van der Waals surface area contributed by atoms with Gasteiger partial charge in [0.05, 0.1) is 5.69 Å². The van der Waals surface area contributed by atoms with Crippen molar-refractivity contribution >= 4 is 50.9 Å². The van der Waals surface area contributed by atoms with Crippen LogP contribution in [0.4, 0.5) is 5.69 Å². The maximum atomic E-state index is 13.5. The summed E-state index contributed by atoms with van der Waals surface area (Å²) in [4.78, 5) is 27.4. The quantitative estimate of drug-likeness (QED) is 0.527. The first-order valence-corrected chi connectivity index (χ1v) is 12.4. The number of para-hydroxylation sites is 1. The second-order valence-corrected chi connectivity index (χ2v) is 10.4. The normalized spacial score (nSPS) is 12.3. The van der Waals surface area contributed by atoms with Crippen molar-refractivity contribution < 1.29 is 18.0 Å². The topological polar surface area (TPSA) is 90.0 Å². The lowest BCUT2D eigenvalue weighted by atomic mass is 10.1. The van der Waals surface area contributed by atoms with E-state index in [0.717, 1.165) is 8.61 Å². The van der Waals surface area contributed by atoms with Gasteiger partial charge in [-0.2, -0.15) is 12.7 Å². The fraction of sp³-hybridized carbons (Fsp3) is 0.364. The van der Waals surface area contributed by atoms with E-state index in [4.69, 9.17) is 23.2 Å². The van der Waals surface area contributed by atoms with E-state index >= 15 is 0 Å². The molecule has 33 heavy (non-hydrogen) atoms. The highest BCUT2D eigenvalue weighted by Crippen LogP contribution is 2.24. The third-order valence-electron chi connectivity index (χ3n) is 4.94. The Morgan fingerprint density at radius 3 is 2.24 bits per heavy atom. The van der Waals surface area contributed by atoms with Crippen LogP contribution in [0.25, 0.3) is 0 Å². The van der Waals surface area contributed by atoms with Crippen LogP contribution in [0.5, 0.6) is 0 Å². The van der Waals surface area contributed by atoms with E-state index in [1.165, 1.54) is 19.0 Å². The summed E-state index contributed by atoms with van der Waals surface area (Å²) in [5.41, 5.74) is 0.905. The van der Waals surface area contributed by atoms with Crippen molar-refractivity contribution in [2.75, 3.05) is 31.5 Å². The summed E-state index contributed by atoms with van der Waals surface area (Å²) in [6.07, 6.45) is 0. The minimum absolute atomic E-state index is 0.00220. The van der Waals surface area contributed by atoms with Crippen LogP contribution < -0.4 is 9.62 Å². The Labute approximate surface area is 205 Å². The van der Waals surface area contributed by atoms with Gasteiger partial charge in [0.25, 0.3) is 0 Å². The highest BCUT2D eigenvalue weighted by molar-refractivity contribution is 7.90. The predicted octanol–water partition coefficient (Wildman–Crippen LogP) is 3.16. The molecule has 1 unspecified atom stereocenters. The molecule has 0 aliphatic heterocycles. The number of rotatable bonds is 10. The van der Waals surface area contributed by atoms with Gasteiger partial charge in [-0.3, -0.25) is 9.59 Å². The van der Waals surface area contributed by atoms with Crippen LogP contribution in [0.15, 0.2) is 48.5 Å². The highest BCUT2D eigenvalue weighted by Gasteiger charge is 2.32. The summed E-state index contributed by atoms with van der Waals surface area (Å²) in [7, 11) is -1.21. The predicted molar refractivity (Wildman–Crippen MR) is 132 cm³/mol. The van der Waals surface area contributed by atoms with Crippen molar-refractivity contribution in [3.05, 3.63) is 64.1 Å². The molecule has 0 spiro atoms. The van der Waals surface area contributed by atoms with Crippen LogP contribution in [0.2, 0.25) is 10.0 Å². The number of hydrogen-bond donors (Lipinski definition) is 1. The Morgan fingerprint density at radius 1 is 1.06 bits per heavy atom. The number of amides is 2. The van der Waals surface area contributed by atoms with Crippen LogP contribution in [-0.4, -0.2) is 62.7 Å². The summed E-state index contributed by atoms with van der Waals surface area (Å²) in [5, 5.41) is 3.47. The molecule has 0 saturated carbocycles. The molecule has 8 nitrogen and oxygen atoms in total. The average Bonchev–Trinajstić information content (AvgIpc) is 2.76. The zero-order chi connectivity index (χ0) is 24.8. The summed E-state index contributed by atoms with van der Waals surface area (Å²) in [5.74, 6) is -0.924. The monoisotopic (exact) mass is 514 g/mol. The maximum Gasteiger partial charge on any atom is 0.304 e. The van der Waals surface area contributed by atoms with Crippen LogP contribution in [0.1, 0.15) is 19.4 Å². The van der Waals surface area contributed by atoms with Gasteiger partial charge in [0.1, 0.15) is 12.6 Å². The number of nitrogens with one attached hydrogen (secondary N) is 1. The summed E-state index contributed by atoms with van der Waals surface area (Å²) in [6.45, 7) is 3.24. The smallest absolute Gasteiger partial charge is 0.304 e. The third kappa shape index (κ3) is 6.83. The van der Waals surface area contributed by atoms with Gasteiger partial charge in [-0.1, -0.05) is 47.5 Å². The van der Waals surface area contributed by atoms with E-state index in [1.54, 1.807) is 62.4 Å². The minimum atomic E-state index is -3.99. The molecule has 1 N–H and O–H groups in total. The summed E-state index contributed by atoms with van der Waals surface area (Å²) < 4.78 is 28.1. The molecule has 0 bridgehead atoms. The molecule has 1 atom stereocenters. The highest BCUT2D eigenvalue weighted by atomic mass is 35.5. The lowest BCUT2D eigenvalue weighted by Crippen LogP contribution is -2.52. The van der Waals surface area contributed by atoms with Gasteiger partial charge in [-0.05, 0) is 43.7 Å². The van der Waals surface area contributed by atoms with E-state index in [1.807, 2.05) is 0 Å². The number of anilines is 1. The van der Waals surface area contributed by atoms with Crippen molar-refractivity contribution in [2.45, 2.75) is 26.4 Å². The molecule has 11 heteroatoms. The fourth-order valence-corrected chi connectivity index (χ4v) is 4.57. The third-order valence-corrected chi connectivity index (χ3v) is 7.34. The standard InChI is InChI=1S/C22H28Cl2N4O4S/c1-5-25-22(30)16(2)27(14-17-11-12-18(23)13-20(17)24)21(29)15-28(33(31,32)26(3)4)19-9-7-6-8-10-19/h6-13,16H,5,14-15H2,1-4H3,(H,25,30). The molecule has 0 saturated heterocycles. The number of benzene rings is 2. The number of halogens is 2. The van der Waals surface area contributed by atoms with Crippen molar-refractivity contribution in [1.29, 1.82) is 0 Å². The van der Waals surface area contributed by atoms with Gasteiger partial charge in [0.2, 0.25) is 11.8 Å². The number of carbonyl (C=O) groups is 2. The van der Waals surface area contributed by atoms with Gasteiger partial charge in [-0.15, -0.1) is 0 Å². The van der Waals surface area contributed by atoms with Crippen molar-refractivity contribution in [3.8, 4) is 0 Å². The van der Waals surface area contributed by atoms with Crippen molar-refractivity contribution in [3.63, 3.8) is 0 Å². The Morgan fingerprint density at radius 2 is 1.70 bits per heavy atom. The Balaban J connectivity index is 2.45. The van der Waals surface area contributed by atoms with E-state index in [-0.39, 0.29) is 12.5 Å². The van der Waals surface area contributed by atoms with E-state index < -0.39 is 28.7 Å². The van der Waals surface area contributed by atoms with Gasteiger partial charge >= 0.3 is 10.2 Å². The van der Waals surface area contributed by atoms with Crippen molar-refractivity contribution in [2.24, 2.45) is 0 Å². The lowest BCUT2D eigenvalue weighted by Gasteiger charge is -2.33. The maximum absolute atomic E-state index is 13.5. The van der Waals surface area contributed by atoms with E-state index in [2.05, 4.69) is 5.32 Å². The Kier molecular flexibility index (Phi) is 9.54. The van der Waals surface area contributed by atoms with Gasteiger partial charge < -0.3 is 10.2 Å². The summed E-state index contributed by atoms with van der Waals surface area (Å²) >= 11 is 12.3. The first-order chi connectivity index (χ1) is 15.5. The first kappa shape index (κ1) is 26.9. The molecule has 2 amide bonds. The number of nitrogens with zero attached hydrogens (tertiary/aromatic N) is 3. The Bertz CT molecular complexity index is 1080. The van der Waals surface area contributed by atoms with Gasteiger partial charge in [0, 0.05) is 37.2 Å². The zero-order valence-electron chi connectivity index (χ0n) is 19.0. The van der Waals surface area contributed by atoms with Crippen LogP contribution >= 0.6 is 23.2 Å². The number of hydrogen-bond acceptors (Lipinski definition) is 4. The largest absolute Gasteiger partial charge is 0.355 e. The van der Waals surface area contributed by atoms with E-state index in [0.29, 0.717) is 27.8 Å². The molecule has 2 rings (SSSR count). The molecule has 2 aromatic carbocycles. The number of likely N-dealkylation sites (N-methyl/N-ethyl adjacent to an activating group) is 1. The minimum Gasteiger partial charge on any atom is -0.355 e. The molecule has 0 heterocycles. The SMILES string of the molecule is CCNC(=O)C(C)N(Cc1ccc(Cl)cc1Cl)C(=O)CN(c1ccccc1)S(=O)(=O)N(C)C. The second-order valence-electron chi connectivity index (χ2n) is 7.46. The van der Waals surface area contributed by atoms with Crippen LogP contribution in [0, 0.1) is 0 Å². The molecule has 2 aromatic rings. The molecule has 0 aliphatic rings. The molecule has 0 radical (unpaired) electrons. The van der Waals surface area contributed by atoms with E-state index in [9.17, 15) is 18.0 Å². The fourth-order valence-electron chi connectivity index (χ4n) is 3.05. The molecular weight excluding hydrogens is 487 g/mol.